The van der Waals surface area contributed by atoms with E-state index in [1.165, 1.54) is 4.90 Å². The van der Waals surface area contributed by atoms with Crippen molar-refractivity contribution in [3.8, 4) is 6.01 Å². The van der Waals surface area contributed by atoms with E-state index in [4.69, 9.17) is 4.74 Å². The van der Waals surface area contributed by atoms with Gasteiger partial charge >= 0.3 is 6.18 Å². The molecule has 2 aliphatic carbocycles. The quantitative estimate of drug-likeness (QED) is 0.213. The molecule has 0 radical (unpaired) electrons. The number of hydrogen-bond acceptors (Lipinski definition) is 8. The van der Waals surface area contributed by atoms with Gasteiger partial charge in [0.25, 0.3) is 11.9 Å². The summed E-state index contributed by atoms with van der Waals surface area (Å²) in [6.07, 6.45) is 1.61. The van der Waals surface area contributed by atoms with Crippen LogP contribution in [0.1, 0.15) is 70.3 Å². The smallest absolute Gasteiger partial charge is 0.416 e. The molecule has 4 aliphatic rings. The van der Waals surface area contributed by atoms with Gasteiger partial charge in [0.2, 0.25) is 21.8 Å². The molecule has 3 aromatic rings. The van der Waals surface area contributed by atoms with Crippen molar-refractivity contribution in [2.75, 3.05) is 11.9 Å². The van der Waals surface area contributed by atoms with Gasteiger partial charge in [-0.05, 0) is 75.8 Å². The molecule has 3 amide bonds. The summed E-state index contributed by atoms with van der Waals surface area (Å²) in [6.45, 7) is 2.31. The van der Waals surface area contributed by atoms with Crippen molar-refractivity contribution < 1.29 is 45.1 Å². The summed E-state index contributed by atoms with van der Waals surface area (Å²) in [5.74, 6) is -3.83. The van der Waals surface area contributed by atoms with E-state index < -0.39 is 80.2 Å². The molecule has 0 unspecified atom stereocenters. The first-order valence-electron chi connectivity index (χ1n) is 18.3. The van der Waals surface area contributed by atoms with Crippen LogP contribution in [-0.2, 0) is 37.1 Å². The fourth-order valence-corrected chi connectivity index (χ4v) is 8.85. The first kappa shape index (κ1) is 37.6. The van der Waals surface area contributed by atoms with Gasteiger partial charge in [0.1, 0.15) is 29.5 Å². The van der Waals surface area contributed by atoms with Crippen molar-refractivity contribution in [3.05, 3.63) is 66.0 Å². The van der Waals surface area contributed by atoms with Gasteiger partial charge in [-0.1, -0.05) is 37.1 Å². The zero-order valence-electron chi connectivity index (χ0n) is 29.6. The van der Waals surface area contributed by atoms with Crippen molar-refractivity contribution in [1.82, 2.24) is 24.5 Å². The van der Waals surface area contributed by atoms with E-state index in [2.05, 4.69) is 20.3 Å². The molecule has 2 aromatic carbocycles. The number of aryl methyl sites for hydroxylation is 1. The zero-order chi connectivity index (χ0) is 38.4. The number of hydrogen-bond donors (Lipinski definition) is 3. The summed E-state index contributed by atoms with van der Waals surface area (Å²) >= 11 is 0. The number of amides is 3. The zero-order valence-corrected chi connectivity index (χ0v) is 30.4. The summed E-state index contributed by atoms with van der Waals surface area (Å²) in [6, 6.07) is 7.28. The van der Waals surface area contributed by atoms with Gasteiger partial charge in [0.05, 0.1) is 28.4 Å². The van der Waals surface area contributed by atoms with Crippen LogP contribution in [0.5, 0.6) is 6.01 Å². The largest absolute Gasteiger partial charge is 0.459 e. The Kier molecular flexibility index (Phi) is 10.1. The van der Waals surface area contributed by atoms with Gasteiger partial charge < -0.3 is 20.3 Å². The van der Waals surface area contributed by atoms with Gasteiger partial charge in [0.15, 0.2) is 0 Å². The number of anilines is 1. The molecule has 54 heavy (non-hydrogen) atoms. The second kappa shape index (κ2) is 14.5. The Labute approximate surface area is 309 Å². The number of fused-ring (bicyclic) bond motifs is 3. The van der Waals surface area contributed by atoms with Crippen LogP contribution in [0.15, 0.2) is 54.6 Å². The standard InChI is InChI=1S/C37H42F4N6O6S/c1-2-46-30-13-9-8-11-28(30)43-35(46)53-26-19-31-32(48)44-36(34(50)45-54(51,52)27-14-15-27)20-22(36)10-6-4-3-5-7-12-29(33(49)47(31)21-26)42-25-17-23(37(39,40)41)16-24(38)18-25/h6,8-11,13,16-18,22,26-27,29,31,42H,2-5,7,12,14-15,19-21H2,1H3,(H,44,48)(H,45,50)/t22-,26-,29+,31+,36-/m1/s1. The second-order valence-electron chi connectivity index (χ2n) is 14.5. The molecule has 2 aliphatic heterocycles. The summed E-state index contributed by atoms with van der Waals surface area (Å²) < 4.78 is 91.3. The van der Waals surface area contributed by atoms with Crippen molar-refractivity contribution in [2.45, 2.75) is 106 Å². The maximum atomic E-state index is 14.5. The third kappa shape index (κ3) is 7.77. The van der Waals surface area contributed by atoms with Crippen molar-refractivity contribution in [2.24, 2.45) is 5.92 Å². The molecule has 17 heteroatoms. The van der Waals surface area contributed by atoms with Crippen LogP contribution in [0.4, 0.5) is 23.2 Å². The highest BCUT2D eigenvalue weighted by molar-refractivity contribution is 7.91. The summed E-state index contributed by atoms with van der Waals surface area (Å²) in [4.78, 5) is 48.4. The van der Waals surface area contributed by atoms with Gasteiger partial charge in [-0.25, -0.2) is 12.8 Å². The molecule has 2 saturated carbocycles. The van der Waals surface area contributed by atoms with E-state index in [0.717, 1.165) is 17.6 Å². The molecule has 3 fully saturated rings. The summed E-state index contributed by atoms with van der Waals surface area (Å²) in [7, 11) is -3.94. The molecule has 0 spiro atoms. The number of rotatable bonds is 8. The summed E-state index contributed by atoms with van der Waals surface area (Å²) in [5, 5.41) is 4.95. The number of imidazole rings is 1. The topological polar surface area (TPSA) is 152 Å². The minimum absolute atomic E-state index is 0.0338. The SMILES string of the molecule is CCn1c(O[C@@H]2C[C@H]3C(=O)N[C@]4(C(=O)NS(=O)(=O)C5CC5)C[C@H]4C=CCCCCC[C@H](Nc4cc(F)cc(C(F)(F)F)c4)C(=O)N3C2)nc2ccccc21. The van der Waals surface area contributed by atoms with E-state index >= 15 is 0 Å². The van der Waals surface area contributed by atoms with E-state index in [1.807, 2.05) is 41.8 Å². The monoisotopic (exact) mass is 774 g/mol. The fourth-order valence-electron chi connectivity index (χ4n) is 7.48. The Morgan fingerprint density at radius 2 is 1.87 bits per heavy atom. The van der Waals surface area contributed by atoms with Crippen molar-refractivity contribution in [3.63, 3.8) is 0 Å². The average molecular weight is 775 g/mol. The number of nitrogens with one attached hydrogen (secondary N) is 3. The van der Waals surface area contributed by atoms with Gasteiger partial charge in [0, 0.05) is 24.6 Å². The minimum Gasteiger partial charge on any atom is -0.459 e. The van der Waals surface area contributed by atoms with Gasteiger partial charge in [-0.3, -0.25) is 23.7 Å². The molecule has 3 N–H and O–H groups in total. The first-order chi connectivity index (χ1) is 25.7. The number of carbonyl (C=O) groups is 3. The van der Waals surface area contributed by atoms with Crippen LogP contribution in [0.3, 0.4) is 0 Å². The fraction of sp³-hybridized carbons (Fsp3) is 0.514. The third-order valence-electron chi connectivity index (χ3n) is 10.6. The predicted molar refractivity (Wildman–Crippen MR) is 190 cm³/mol. The number of ether oxygens (including phenoxy) is 1. The molecule has 7 rings (SSSR count). The van der Waals surface area contributed by atoms with Crippen molar-refractivity contribution in [1.29, 1.82) is 0 Å². The predicted octanol–water partition coefficient (Wildman–Crippen LogP) is 5.05. The number of nitrogens with zero attached hydrogens (tertiary/aromatic N) is 3. The Hall–Kier alpha value is -4.67. The second-order valence-corrected chi connectivity index (χ2v) is 16.5. The number of allylic oxidation sites excluding steroid dienone is 1. The number of halogens is 4. The number of benzene rings is 2. The van der Waals surface area contributed by atoms with Crippen LogP contribution in [0, 0.1) is 11.7 Å². The van der Waals surface area contributed by atoms with Crippen LogP contribution < -0.4 is 20.1 Å². The molecule has 1 aromatic heterocycles. The number of aromatic nitrogens is 2. The summed E-state index contributed by atoms with van der Waals surface area (Å²) in [5.41, 5.74) is -1.56. The number of alkyl halides is 3. The molecule has 1 saturated heterocycles. The lowest BCUT2D eigenvalue weighted by Crippen LogP contribution is -2.57. The number of para-hydroxylation sites is 2. The highest BCUT2D eigenvalue weighted by Gasteiger charge is 2.62. The van der Waals surface area contributed by atoms with Gasteiger partial charge in [-0.15, -0.1) is 0 Å². The molecule has 5 atom stereocenters. The molecular weight excluding hydrogens is 733 g/mol. The molecule has 290 valence electrons. The lowest BCUT2D eigenvalue weighted by molar-refractivity contribution is -0.140. The van der Waals surface area contributed by atoms with Crippen LogP contribution >= 0.6 is 0 Å². The highest BCUT2D eigenvalue weighted by Crippen LogP contribution is 2.46. The Balaban J connectivity index is 1.22. The normalized spacial score (nSPS) is 26.6. The lowest BCUT2D eigenvalue weighted by atomic mass is 10.0. The molecule has 12 nitrogen and oxygen atoms in total. The average Bonchev–Trinajstić information content (AvgIpc) is 4.02. The Bertz CT molecular complexity index is 2090. The van der Waals surface area contributed by atoms with Gasteiger partial charge in [-0.2, -0.15) is 18.2 Å². The van der Waals surface area contributed by atoms with Crippen molar-refractivity contribution >= 4 is 44.5 Å². The first-order valence-corrected chi connectivity index (χ1v) is 19.8. The van der Waals surface area contributed by atoms with E-state index in [0.29, 0.717) is 56.7 Å². The number of carbonyl (C=O) groups excluding carboxylic acids is 3. The Morgan fingerprint density at radius 1 is 1.09 bits per heavy atom. The molecular formula is C37H42F4N6O6S. The van der Waals surface area contributed by atoms with Crippen LogP contribution in [-0.4, -0.2) is 76.1 Å². The maximum absolute atomic E-state index is 14.5. The maximum Gasteiger partial charge on any atom is 0.416 e. The highest BCUT2D eigenvalue weighted by atomic mass is 32.2. The van der Waals surface area contributed by atoms with Crippen LogP contribution in [0.2, 0.25) is 0 Å². The Morgan fingerprint density at radius 3 is 2.61 bits per heavy atom. The third-order valence-corrected chi connectivity index (χ3v) is 12.4. The van der Waals surface area contributed by atoms with E-state index in [-0.39, 0.29) is 37.5 Å². The molecule has 3 heterocycles. The van der Waals surface area contributed by atoms with E-state index in [9.17, 15) is 40.4 Å². The lowest BCUT2D eigenvalue weighted by Gasteiger charge is -2.30. The molecule has 0 bridgehead atoms. The van der Waals surface area contributed by atoms with E-state index in [1.54, 1.807) is 6.08 Å². The minimum atomic E-state index is -4.84. The van der Waals surface area contributed by atoms with Crippen LogP contribution in [0.25, 0.3) is 11.0 Å². The number of sulfonamides is 1.